The molecule has 4 N–H and O–H groups in total. The predicted octanol–water partition coefficient (Wildman–Crippen LogP) is -0.283. The molecule has 0 amide bonds. The van der Waals surface area contributed by atoms with Gasteiger partial charge in [-0.2, -0.15) is 17.9 Å². The average Bonchev–Trinajstić information content (AvgIpc) is 2.14. The number of rotatable bonds is 4. The number of nitrogens with two attached hydrogens (primary N) is 1. The summed E-state index contributed by atoms with van der Waals surface area (Å²) < 4.78 is 34.4. The predicted molar refractivity (Wildman–Crippen MR) is 66.8 cm³/mol. The quantitative estimate of drug-likeness (QED) is 0.651. The van der Waals surface area contributed by atoms with Crippen molar-refractivity contribution >= 4 is 10.2 Å². The lowest BCUT2D eigenvalue weighted by Crippen LogP contribution is -2.60. The highest BCUT2D eigenvalue weighted by Gasteiger charge is 2.36. The standard InChI is InChI=1S/C10H23N3O3S/c1-9(2,3)12-17(14,15)13-10(8-11)4-6-16-7-5-10/h12-13H,4-8,11H2,1-3H3. The molecule has 1 aliphatic heterocycles. The van der Waals surface area contributed by atoms with Crippen LogP contribution in [0.25, 0.3) is 0 Å². The van der Waals surface area contributed by atoms with Crippen molar-refractivity contribution in [1.82, 2.24) is 9.44 Å². The van der Waals surface area contributed by atoms with Crippen LogP contribution in [-0.2, 0) is 14.9 Å². The highest BCUT2D eigenvalue weighted by Crippen LogP contribution is 2.20. The van der Waals surface area contributed by atoms with Gasteiger partial charge in [0.25, 0.3) is 10.2 Å². The Kier molecular flexibility index (Phi) is 4.54. The Balaban J connectivity index is 2.73. The van der Waals surface area contributed by atoms with Crippen molar-refractivity contribution in [2.24, 2.45) is 5.73 Å². The molecule has 17 heavy (non-hydrogen) atoms. The molecule has 6 nitrogen and oxygen atoms in total. The zero-order valence-corrected chi connectivity index (χ0v) is 11.6. The van der Waals surface area contributed by atoms with Gasteiger partial charge in [-0.25, -0.2) is 0 Å². The van der Waals surface area contributed by atoms with E-state index in [2.05, 4.69) is 9.44 Å². The summed E-state index contributed by atoms with van der Waals surface area (Å²) in [6.07, 6.45) is 1.21. The molecule has 7 heteroatoms. The molecule has 0 aromatic heterocycles. The molecular weight excluding hydrogens is 242 g/mol. The van der Waals surface area contributed by atoms with Gasteiger partial charge >= 0.3 is 0 Å². The van der Waals surface area contributed by atoms with Gasteiger partial charge in [0.1, 0.15) is 0 Å². The highest BCUT2D eigenvalue weighted by molar-refractivity contribution is 7.87. The topological polar surface area (TPSA) is 93.5 Å². The lowest BCUT2D eigenvalue weighted by molar-refractivity contribution is 0.0500. The van der Waals surface area contributed by atoms with E-state index >= 15 is 0 Å². The second-order valence-corrected chi connectivity index (χ2v) is 6.97. The Bertz CT molecular complexity index is 342. The molecule has 0 aliphatic carbocycles. The van der Waals surface area contributed by atoms with Crippen molar-refractivity contribution in [3.05, 3.63) is 0 Å². The van der Waals surface area contributed by atoms with Crippen LogP contribution in [-0.4, -0.2) is 39.3 Å². The van der Waals surface area contributed by atoms with E-state index in [9.17, 15) is 8.42 Å². The fraction of sp³-hybridized carbons (Fsp3) is 1.00. The number of ether oxygens (including phenoxy) is 1. The minimum atomic E-state index is -3.54. The van der Waals surface area contributed by atoms with Gasteiger partial charge in [0.2, 0.25) is 0 Å². The maximum absolute atomic E-state index is 12.0. The van der Waals surface area contributed by atoms with Gasteiger partial charge < -0.3 is 10.5 Å². The number of nitrogens with one attached hydrogen (secondary N) is 2. The summed E-state index contributed by atoms with van der Waals surface area (Å²) in [5.41, 5.74) is 4.62. The van der Waals surface area contributed by atoms with Crippen LogP contribution >= 0.6 is 0 Å². The number of hydrogen-bond acceptors (Lipinski definition) is 4. The minimum Gasteiger partial charge on any atom is -0.381 e. The molecule has 1 rings (SSSR count). The normalized spacial score (nSPS) is 21.4. The zero-order valence-electron chi connectivity index (χ0n) is 10.7. The molecule has 1 aliphatic rings. The SMILES string of the molecule is CC(C)(C)NS(=O)(=O)NC1(CN)CCOCC1. The Morgan fingerprint density at radius 1 is 1.29 bits per heavy atom. The average molecular weight is 265 g/mol. The Labute approximate surface area is 103 Å². The van der Waals surface area contributed by atoms with Gasteiger partial charge in [0.05, 0.1) is 5.54 Å². The smallest absolute Gasteiger partial charge is 0.277 e. The molecule has 102 valence electrons. The molecule has 0 atom stereocenters. The van der Waals surface area contributed by atoms with Crippen molar-refractivity contribution in [3.8, 4) is 0 Å². The van der Waals surface area contributed by atoms with Crippen LogP contribution in [0.5, 0.6) is 0 Å². The third-order valence-corrected chi connectivity index (χ3v) is 4.21. The Morgan fingerprint density at radius 2 is 1.82 bits per heavy atom. The van der Waals surface area contributed by atoms with Crippen molar-refractivity contribution in [2.75, 3.05) is 19.8 Å². The first-order valence-electron chi connectivity index (χ1n) is 5.79. The van der Waals surface area contributed by atoms with Crippen LogP contribution < -0.4 is 15.2 Å². The van der Waals surface area contributed by atoms with Crippen LogP contribution in [0.2, 0.25) is 0 Å². The van der Waals surface area contributed by atoms with Gasteiger partial charge in [0.15, 0.2) is 0 Å². The van der Waals surface area contributed by atoms with Crippen molar-refractivity contribution in [3.63, 3.8) is 0 Å². The van der Waals surface area contributed by atoms with Gasteiger partial charge in [-0.3, -0.25) is 0 Å². The minimum absolute atomic E-state index is 0.279. The molecule has 0 radical (unpaired) electrons. The van der Waals surface area contributed by atoms with E-state index < -0.39 is 21.3 Å². The Hall–Kier alpha value is -0.210. The summed E-state index contributed by atoms with van der Waals surface area (Å²) in [6, 6.07) is 0. The fourth-order valence-electron chi connectivity index (χ4n) is 1.82. The van der Waals surface area contributed by atoms with E-state index in [-0.39, 0.29) is 6.54 Å². The zero-order chi connectivity index (χ0) is 13.2. The molecule has 1 fully saturated rings. The van der Waals surface area contributed by atoms with E-state index in [1.807, 2.05) is 0 Å². The summed E-state index contributed by atoms with van der Waals surface area (Å²) in [6.45, 7) is 6.74. The molecule has 0 saturated carbocycles. The highest BCUT2D eigenvalue weighted by atomic mass is 32.2. The van der Waals surface area contributed by atoms with E-state index in [1.165, 1.54) is 0 Å². The van der Waals surface area contributed by atoms with E-state index in [0.717, 1.165) is 0 Å². The third-order valence-electron chi connectivity index (χ3n) is 2.63. The van der Waals surface area contributed by atoms with E-state index in [1.54, 1.807) is 20.8 Å². The third kappa shape index (κ3) is 4.89. The van der Waals surface area contributed by atoms with Crippen LogP contribution in [0.1, 0.15) is 33.6 Å². The Morgan fingerprint density at radius 3 is 2.24 bits per heavy atom. The van der Waals surface area contributed by atoms with E-state index in [4.69, 9.17) is 10.5 Å². The first-order chi connectivity index (χ1) is 7.68. The summed E-state index contributed by atoms with van der Waals surface area (Å²) in [7, 11) is -3.54. The van der Waals surface area contributed by atoms with Crippen LogP contribution in [0, 0.1) is 0 Å². The summed E-state index contributed by atoms with van der Waals surface area (Å²) in [5.74, 6) is 0. The van der Waals surface area contributed by atoms with Gasteiger partial charge in [-0.15, -0.1) is 0 Å². The summed E-state index contributed by atoms with van der Waals surface area (Å²) >= 11 is 0. The molecule has 0 aromatic rings. The van der Waals surface area contributed by atoms with Gasteiger partial charge in [0, 0.05) is 25.3 Å². The summed E-state index contributed by atoms with van der Waals surface area (Å²) in [4.78, 5) is 0. The molecule has 0 unspecified atom stereocenters. The largest absolute Gasteiger partial charge is 0.381 e. The van der Waals surface area contributed by atoms with Crippen molar-refractivity contribution in [2.45, 2.75) is 44.7 Å². The molecule has 1 heterocycles. The lowest BCUT2D eigenvalue weighted by atomic mass is 9.92. The van der Waals surface area contributed by atoms with Gasteiger partial charge in [-0.05, 0) is 33.6 Å². The first-order valence-corrected chi connectivity index (χ1v) is 7.27. The molecular formula is C10H23N3O3S. The maximum atomic E-state index is 12.0. The van der Waals surface area contributed by atoms with Crippen molar-refractivity contribution in [1.29, 1.82) is 0 Å². The van der Waals surface area contributed by atoms with Crippen molar-refractivity contribution < 1.29 is 13.2 Å². The second-order valence-electron chi connectivity index (χ2n) is 5.55. The van der Waals surface area contributed by atoms with Crippen LogP contribution in [0.4, 0.5) is 0 Å². The van der Waals surface area contributed by atoms with Crippen LogP contribution in [0.15, 0.2) is 0 Å². The molecule has 0 bridgehead atoms. The van der Waals surface area contributed by atoms with E-state index in [0.29, 0.717) is 26.1 Å². The second kappa shape index (κ2) is 5.19. The molecule has 1 saturated heterocycles. The monoisotopic (exact) mass is 265 g/mol. The first kappa shape index (κ1) is 14.8. The van der Waals surface area contributed by atoms with Crippen LogP contribution in [0.3, 0.4) is 0 Å². The summed E-state index contributed by atoms with van der Waals surface area (Å²) in [5, 5.41) is 0. The fourth-order valence-corrected chi connectivity index (χ4v) is 3.54. The lowest BCUT2D eigenvalue weighted by Gasteiger charge is -2.37. The van der Waals surface area contributed by atoms with Gasteiger partial charge in [-0.1, -0.05) is 0 Å². The number of hydrogen-bond donors (Lipinski definition) is 3. The molecule has 0 aromatic carbocycles. The molecule has 0 spiro atoms. The maximum Gasteiger partial charge on any atom is 0.277 e.